The van der Waals surface area contributed by atoms with E-state index in [-0.39, 0.29) is 18.3 Å². The Morgan fingerprint density at radius 3 is 2.73 bits per heavy atom. The van der Waals surface area contributed by atoms with Gasteiger partial charge in [0.15, 0.2) is 5.78 Å². The largest absolute Gasteiger partial charge is 0.389 e. The summed E-state index contributed by atoms with van der Waals surface area (Å²) in [6.07, 6.45) is 2.54. The minimum atomic E-state index is -0.337. The topological polar surface area (TPSA) is 37.3 Å². The van der Waals surface area contributed by atoms with Gasteiger partial charge in [0.1, 0.15) is 6.61 Å². The minimum Gasteiger partial charge on any atom is -0.389 e. The van der Waals surface area contributed by atoms with Crippen LogP contribution in [0.2, 0.25) is 0 Å². The molecule has 1 N–H and O–H groups in total. The van der Waals surface area contributed by atoms with Crippen molar-refractivity contribution in [3.8, 4) is 11.1 Å². The minimum absolute atomic E-state index is 0.0219. The lowest BCUT2D eigenvalue weighted by atomic mass is 9.80. The highest BCUT2D eigenvalue weighted by atomic mass is 16.3. The summed E-state index contributed by atoms with van der Waals surface area (Å²) in [5, 5.41) is 9.08. The van der Waals surface area contributed by atoms with E-state index in [4.69, 9.17) is 5.11 Å². The fraction of sp³-hybridized carbons (Fsp3) is 0.350. The number of rotatable bonds is 3. The van der Waals surface area contributed by atoms with Crippen LogP contribution >= 0.6 is 0 Å². The van der Waals surface area contributed by atoms with Gasteiger partial charge in [-0.05, 0) is 60.9 Å². The molecule has 3 rings (SSSR count). The molecule has 2 aromatic carbocycles. The van der Waals surface area contributed by atoms with E-state index in [0.29, 0.717) is 0 Å². The number of carbonyl (C=O) groups is 1. The van der Waals surface area contributed by atoms with Gasteiger partial charge in [0.05, 0.1) is 0 Å². The second-order valence-corrected chi connectivity index (χ2v) is 6.37. The van der Waals surface area contributed by atoms with Crippen molar-refractivity contribution in [1.29, 1.82) is 0 Å². The molecule has 1 aliphatic carbocycles. The number of fused-ring (bicyclic) bond motifs is 1. The molecule has 0 amide bonds. The standard InChI is InChI=1S/C20H22O2/c1-13-3-4-14(2)19(9-13)16-7-5-15-6-8-17(20(22)12-21)11-18(15)10-16/h3-5,7,9-10,17,21H,6,8,11-12H2,1-2H3. The predicted molar refractivity (Wildman–Crippen MR) is 89.0 cm³/mol. The van der Waals surface area contributed by atoms with Crippen LogP contribution in [-0.4, -0.2) is 17.5 Å². The molecular formula is C20H22O2. The summed E-state index contributed by atoms with van der Waals surface area (Å²) in [6.45, 7) is 3.90. The monoisotopic (exact) mass is 294 g/mol. The molecule has 2 aromatic rings. The molecule has 0 saturated carbocycles. The molecule has 1 aliphatic rings. The Labute approximate surface area is 131 Å². The third kappa shape index (κ3) is 2.84. The molecule has 22 heavy (non-hydrogen) atoms. The fourth-order valence-electron chi connectivity index (χ4n) is 3.38. The van der Waals surface area contributed by atoms with Crippen LogP contribution < -0.4 is 0 Å². The summed E-state index contributed by atoms with van der Waals surface area (Å²) in [5.41, 5.74) is 7.61. The quantitative estimate of drug-likeness (QED) is 0.938. The molecule has 0 spiro atoms. The molecule has 0 fully saturated rings. The first-order valence-corrected chi connectivity index (χ1v) is 7.91. The van der Waals surface area contributed by atoms with Crippen molar-refractivity contribution < 1.29 is 9.90 Å². The highest BCUT2D eigenvalue weighted by Gasteiger charge is 2.24. The SMILES string of the molecule is Cc1ccc(C)c(-c2ccc3c(c2)CC(C(=O)CO)CC3)c1. The van der Waals surface area contributed by atoms with Crippen molar-refractivity contribution in [2.45, 2.75) is 33.1 Å². The van der Waals surface area contributed by atoms with Gasteiger partial charge in [-0.1, -0.05) is 42.0 Å². The van der Waals surface area contributed by atoms with Gasteiger partial charge in [-0.2, -0.15) is 0 Å². The summed E-state index contributed by atoms with van der Waals surface area (Å²) in [5.74, 6) is -0.0471. The van der Waals surface area contributed by atoms with Crippen LogP contribution in [-0.2, 0) is 17.6 Å². The molecule has 114 valence electrons. The average molecular weight is 294 g/mol. The second-order valence-electron chi connectivity index (χ2n) is 6.37. The number of hydrogen-bond acceptors (Lipinski definition) is 2. The lowest BCUT2D eigenvalue weighted by Gasteiger charge is -2.24. The van der Waals surface area contributed by atoms with E-state index in [0.717, 1.165) is 19.3 Å². The van der Waals surface area contributed by atoms with Crippen LogP contribution in [0.25, 0.3) is 11.1 Å². The zero-order valence-electron chi connectivity index (χ0n) is 13.2. The van der Waals surface area contributed by atoms with Gasteiger partial charge in [-0.25, -0.2) is 0 Å². The maximum atomic E-state index is 11.8. The highest BCUT2D eigenvalue weighted by Crippen LogP contribution is 2.32. The molecule has 0 saturated heterocycles. The maximum Gasteiger partial charge on any atom is 0.161 e. The van der Waals surface area contributed by atoms with Crippen LogP contribution in [0.4, 0.5) is 0 Å². The first kappa shape index (κ1) is 15.0. The Hall–Kier alpha value is -1.93. The summed E-state index contributed by atoms with van der Waals surface area (Å²) in [4.78, 5) is 11.8. The number of aliphatic hydroxyl groups is 1. The molecule has 0 aliphatic heterocycles. The number of Topliss-reactive ketones (excluding diaryl/α,β-unsaturated/α-hetero) is 1. The number of aliphatic hydroxyl groups excluding tert-OH is 1. The Bertz CT molecular complexity index is 716. The Morgan fingerprint density at radius 1 is 1.14 bits per heavy atom. The van der Waals surface area contributed by atoms with Crippen molar-refractivity contribution >= 4 is 5.78 Å². The van der Waals surface area contributed by atoms with Gasteiger partial charge in [-0.3, -0.25) is 4.79 Å². The first-order chi connectivity index (χ1) is 10.6. The number of hydrogen-bond donors (Lipinski definition) is 1. The average Bonchev–Trinajstić information content (AvgIpc) is 2.55. The van der Waals surface area contributed by atoms with Crippen molar-refractivity contribution in [3.63, 3.8) is 0 Å². The summed E-state index contributed by atoms with van der Waals surface area (Å²) in [6, 6.07) is 13.1. The summed E-state index contributed by atoms with van der Waals surface area (Å²) < 4.78 is 0. The van der Waals surface area contributed by atoms with Crippen molar-refractivity contribution in [2.75, 3.05) is 6.61 Å². The number of carbonyl (C=O) groups excluding carboxylic acids is 1. The molecule has 2 nitrogen and oxygen atoms in total. The van der Waals surface area contributed by atoms with E-state index < -0.39 is 0 Å². The first-order valence-electron chi connectivity index (χ1n) is 7.91. The molecule has 0 radical (unpaired) electrons. The molecule has 2 heteroatoms. The van der Waals surface area contributed by atoms with Crippen LogP contribution in [0.3, 0.4) is 0 Å². The van der Waals surface area contributed by atoms with E-state index in [1.807, 2.05) is 0 Å². The Kier molecular flexibility index (Phi) is 4.12. The highest BCUT2D eigenvalue weighted by molar-refractivity contribution is 5.82. The summed E-state index contributed by atoms with van der Waals surface area (Å²) >= 11 is 0. The molecule has 1 unspecified atom stereocenters. The van der Waals surface area contributed by atoms with Gasteiger partial charge in [-0.15, -0.1) is 0 Å². The van der Waals surface area contributed by atoms with Crippen LogP contribution in [0.5, 0.6) is 0 Å². The van der Waals surface area contributed by atoms with E-state index in [1.165, 1.54) is 33.4 Å². The van der Waals surface area contributed by atoms with E-state index >= 15 is 0 Å². The van der Waals surface area contributed by atoms with Gasteiger partial charge in [0, 0.05) is 5.92 Å². The normalized spacial score (nSPS) is 17.1. The van der Waals surface area contributed by atoms with Gasteiger partial charge in [0.2, 0.25) is 0 Å². The maximum absolute atomic E-state index is 11.8. The Morgan fingerprint density at radius 2 is 1.95 bits per heavy atom. The number of ketones is 1. The van der Waals surface area contributed by atoms with Crippen LogP contribution in [0.15, 0.2) is 36.4 Å². The fourth-order valence-corrected chi connectivity index (χ4v) is 3.38. The van der Waals surface area contributed by atoms with Gasteiger partial charge < -0.3 is 5.11 Å². The zero-order chi connectivity index (χ0) is 15.7. The smallest absolute Gasteiger partial charge is 0.161 e. The molecule has 0 bridgehead atoms. The van der Waals surface area contributed by atoms with Crippen molar-refractivity contribution in [3.05, 3.63) is 58.7 Å². The molecule has 1 atom stereocenters. The van der Waals surface area contributed by atoms with Gasteiger partial charge >= 0.3 is 0 Å². The van der Waals surface area contributed by atoms with E-state index in [1.54, 1.807) is 0 Å². The Balaban J connectivity index is 1.97. The second kappa shape index (κ2) is 6.05. The van der Waals surface area contributed by atoms with Crippen molar-refractivity contribution in [1.82, 2.24) is 0 Å². The molecular weight excluding hydrogens is 272 g/mol. The molecule has 0 heterocycles. The number of aryl methyl sites for hydroxylation is 3. The van der Waals surface area contributed by atoms with Gasteiger partial charge in [0.25, 0.3) is 0 Å². The van der Waals surface area contributed by atoms with Crippen LogP contribution in [0.1, 0.15) is 28.7 Å². The number of benzene rings is 2. The third-order valence-electron chi connectivity index (χ3n) is 4.75. The molecule has 0 aromatic heterocycles. The van der Waals surface area contributed by atoms with Crippen LogP contribution in [0, 0.1) is 19.8 Å². The third-order valence-corrected chi connectivity index (χ3v) is 4.75. The van der Waals surface area contributed by atoms with E-state index in [9.17, 15) is 4.79 Å². The lowest BCUT2D eigenvalue weighted by molar-refractivity contribution is -0.125. The summed E-state index contributed by atoms with van der Waals surface area (Å²) in [7, 11) is 0. The van der Waals surface area contributed by atoms with E-state index in [2.05, 4.69) is 50.2 Å². The zero-order valence-corrected chi connectivity index (χ0v) is 13.2. The van der Waals surface area contributed by atoms with Crippen molar-refractivity contribution in [2.24, 2.45) is 5.92 Å². The predicted octanol–water partition coefficient (Wildman–Crippen LogP) is 3.64. The lowest BCUT2D eigenvalue weighted by Crippen LogP contribution is -2.24.